The number of aliphatic hydroxyl groups excluding tert-OH is 1. The summed E-state index contributed by atoms with van der Waals surface area (Å²) in [6.07, 6.45) is 43.4. The molecular weight excluding hydrogens is 667 g/mol. The van der Waals surface area contributed by atoms with E-state index in [1.165, 1.54) is 38.5 Å². The van der Waals surface area contributed by atoms with E-state index in [-0.39, 0.29) is 19.4 Å². The van der Waals surface area contributed by atoms with E-state index in [9.17, 15) is 19.3 Å². The first-order chi connectivity index (χ1) is 24.7. The minimum absolute atomic E-state index is 0.0910. The molecule has 0 amide bonds. The van der Waals surface area contributed by atoms with Crippen molar-refractivity contribution in [2.75, 3.05) is 13.2 Å². The molecular formula is C41H67O9P. The van der Waals surface area contributed by atoms with E-state index in [1.54, 1.807) is 6.08 Å². The van der Waals surface area contributed by atoms with E-state index < -0.39 is 38.6 Å². The number of phosphoric acid groups is 1. The van der Waals surface area contributed by atoms with Crippen molar-refractivity contribution in [3.63, 3.8) is 0 Å². The van der Waals surface area contributed by atoms with Gasteiger partial charge >= 0.3 is 19.8 Å². The van der Waals surface area contributed by atoms with Crippen LogP contribution in [0.4, 0.5) is 0 Å². The lowest BCUT2D eigenvalue weighted by Gasteiger charge is -2.18. The topological polar surface area (TPSA) is 140 Å². The van der Waals surface area contributed by atoms with Gasteiger partial charge in [0.15, 0.2) is 6.10 Å². The fourth-order valence-corrected chi connectivity index (χ4v) is 4.93. The van der Waals surface area contributed by atoms with Gasteiger partial charge in [-0.2, -0.15) is 0 Å². The Kier molecular flexibility index (Phi) is 33.6. The van der Waals surface area contributed by atoms with Gasteiger partial charge in [-0.15, -0.1) is 0 Å². The van der Waals surface area contributed by atoms with Crippen LogP contribution in [0.5, 0.6) is 0 Å². The molecule has 0 radical (unpaired) electrons. The Labute approximate surface area is 308 Å². The second-order valence-corrected chi connectivity index (χ2v) is 13.6. The summed E-state index contributed by atoms with van der Waals surface area (Å²) in [4.78, 5) is 42.7. The Morgan fingerprint density at radius 1 is 0.608 bits per heavy atom. The van der Waals surface area contributed by atoms with Crippen LogP contribution in [0, 0.1) is 0 Å². The number of carbonyl (C=O) groups excluding carboxylic acids is 2. The number of ether oxygens (including phenoxy) is 2. The molecule has 0 aromatic heterocycles. The molecule has 2 atom stereocenters. The highest BCUT2D eigenvalue weighted by Crippen LogP contribution is 2.35. The predicted octanol–water partition coefficient (Wildman–Crippen LogP) is 10.3. The van der Waals surface area contributed by atoms with Crippen molar-refractivity contribution in [1.29, 1.82) is 0 Å². The lowest BCUT2D eigenvalue weighted by Crippen LogP contribution is -2.29. The number of phosphoric ester groups is 1. The average Bonchev–Trinajstić information content (AvgIpc) is 3.09. The molecule has 0 aliphatic carbocycles. The third kappa shape index (κ3) is 38.3. The van der Waals surface area contributed by atoms with Crippen molar-refractivity contribution in [3.8, 4) is 0 Å². The standard InChI is InChI=1S/C41H67O9P/c1-3-5-7-9-11-12-13-14-15-16-17-18-22-26-30-34-40(43)48-36-39(37-49-51(45,46)47)50-41(44)35-31-27-23-20-19-21-25-29-33-38(42)32-28-24-10-8-6-4-2/h11-12,14-15,17-18,20-21,23-25,28-29,33,38-39,42H,3-10,13,16,19,22,26-27,30-32,34-37H2,1-2H3,(H2,45,46,47)/b12-11-,15-14-,18-17-,23-20-,25-21-,28-24-,33-29+/t38-,39+/m0/s1. The van der Waals surface area contributed by atoms with Crippen LogP contribution in [0.15, 0.2) is 85.1 Å². The third-order valence-electron chi connectivity index (χ3n) is 7.47. The molecule has 0 aliphatic rings. The number of esters is 2. The van der Waals surface area contributed by atoms with Crippen LogP contribution in [-0.4, -0.2) is 52.3 Å². The molecule has 0 rings (SSSR count). The Morgan fingerprint density at radius 2 is 1.12 bits per heavy atom. The Morgan fingerprint density at radius 3 is 1.71 bits per heavy atom. The van der Waals surface area contributed by atoms with E-state index in [2.05, 4.69) is 60.9 Å². The monoisotopic (exact) mass is 734 g/mol. The summed E-state index contributed by atoms with van der Waals surface area (Å²) in [5.41, 5.74) is 0. The first kappa shape index (κ1) is 48.2. The maximum absolute atomic E-state index is 12.3. The zero-order valence-electron chi connectivity index (χ0n) is 31.3. The van der Waals surface area contributed by atoms with Gasteiger partial charge in [-0.25, -0.2) is 4.57 Å². The highest BCUT2D eigenvalue weighted by molar-refractivity contribution is 7.46. The molecule has 0 heterocycles. The molecule has 290 valence electrons. The van der Waals surface area contributed by atoms with Gasteiger partial charge < -0.3 is 24.4 Å². The van der Waals surface area contributed by atoms with Crippen molar-refractivity contribution >= 4 is 19.8 Å². The highest BCUT2D eigenvalue weighted by atomic mass is 31.2. The quantitative estimate of drug-likeness (QED) is 0.0198. The number of carbonyl (C=O) groups is 2. The maximum Gasteiger partial charge on any atom is 0.469 e. The van der Waals surface area contributed by atoms with Crippen LogP contribution in [0.2, 0.25) is 0 Å². The van der Waals surface area contributed by atoms with Crippen molar-refractivity contribution in [3.05, 3.63) is 85.1 Å². The van der Waals surface area contributed by atoms with Crippen LogP contribution < -0.4 is 0 Å². The van der Waals surface area contributed by atoms with Gasteiger partial charge in [0.1, 0.15) is 6.61 Å². The molecule has 0 aromatic rings. The normalized spacial score (nSPS) is 14.1. The van der Waals surface area contributed by atoms with Crippen LogP contribution in [0.1, 0.15) is 136 Å². The van der Waals surface area contributed by atoms with Crippen molar-refractivity contribution in [2.24, 2.45) is 0 Å². The number of unbranched alkanes of at least 4 members (excludes halogenated alkanes) is 9. The van der Waals surface area contributed by atoms with Crippen molar-refractivity contribution in [1.82, 2.24) is 0 Å². The van der Waals surface area contributed by atoms with Gasteiger partial charge in [-0.05, 0) is 83.5 Å². The first-order valence-corrected chi connectivity index (χ1v) is 20.5. The minimum Gasteiger partial charge on any atom is -0.462 e. The van der Waals surface area contributed by atoms with Crippen LogP contribution in [0.3, 0.4) is 0 Å². The molecule has 3 N–H and O–H groups in total. The van der Waals surface area contributed by atoms with Gasteiger partial charge in [0, 0.05) is 12.8 Å². The van der Waals surface area contributed by atoms with E-state index >= 15 is 0 Å². The predicted molar refractivity (Wildman–Crippen MR) is 208 cm³/mol. The third-order valence-corrected chi connectivity index (χ3v) is 7.95. The van der Waals surface area contributed by atoms with Gasteiger partial charge in [-0.1, -0.05) is 125 Å². The number of aliphatic hydroxyl groups is 1. The molecule has 0 bridgehead atoms. The van der Waals surface area contributed by atoms with Gasteiger partial charge in [0.2, 0.25) is 0 Å². The largest absolute Gasteiger partial charge is 0.469 e. The molecule has 0 unspecified atom stereocenters. The molecule has 0 saturated heterocycles. The van der Waals surface area contributed by atoms with Crippen molar-refractivity contribution < 1.29 is 43.0 Å². The smallest absolute Gasteiger partial charge is 0.462 e. The molecule has 51 heavy (non-hydrogen) atoms. The zero-order chi connectivity index (χ0) is 37.7. The SMILES string of the molecule is CCCCC/C=C\C/C=C\C/C=C\CCCCC(=O)OC[C@H](COP(=O)(O)O)OC(=O)CCC/C=C\C/C=C\C=C\[C@@H](O)C/C=C\CCCCC. The average molecular weight is 735 g/mol. The molecule has 10 heteroatoms. The summed E-state index contributed by atoms with van der Waals surface area (Å²) in [5.74, 6) is -1.04. The summed E-state index contributed by atoms with van der Waals surface area (Å²) in [6, 6.07) is 0. The van der Waals surface area contributed by atoms with E-state index in [4.69, 9.17) is 19.3 Å². The van der Waals surface area contributed by atoms with E-state index in [0.717, 1.165) is 38.5 Å². The maximum atomic E-state index is 12.3. The van der Waals surface area contributed by atoms with E-state index in [1.807, 2.05) is 36.5 Å². The summed E-state index contributed by atoms with van der Waals surface area (Å²) in [7, 11) is -4.79. The van der Waals surface area contributed by atoms with Crippen LogP contribution in [0.25, 0.3) is 0 Å². The minimum atomic E-state index is -4.79. The molecule has 0 spiro atoms. The molecule has 0 aliphatic heterocycles. The second kappa shape index (κ2) is 35.6. The first-order valence-electron chi connectivity index (χ1n) is 19.0. The molecule has 0 fully saturated rings. The molecule has 0 aromatic carbocycles. The summed E-state index contributed by atoms with van der Waals surface area (Å²) < 4.78 is 26.2. The lowest BCUT2D eigenvalue weighted by molar-refractivity contribution is -0.161. The zero-order valence-corrected chi connectivity index (χ0v) is 32.2. The van der Waals surface area contributed by atoms with Gasteiger partial charge in [-0.3, -0.25) is 14.1 Å². The Bertz CT molecular complexity index is 1110. The van der Waals surface area contributed by atoms with Crippen LogP contribution >= 0.6 is 7.82 Å². The number of hydrogen-bond acceptors (Lipinski definition) is 7. The van der Waals surface area contributed by atoms with Gasteiger partial charge in [0.25, 0.3) is 0 Å². The number of allylic oxidation sites excluding steroid dienone is 12. The fraction of sp³-hybridized carbons (Fsp3) is 0.610. The lowest BCUT2D eigenvalue weighted by atomic mass is 10.1. The number of hydrogen-bond donors (Lipinski definition) is 3. The molecule has 9 nitrogen and oxygen atoms in total. The van der Waals surface area contributed by atoms with Crippen LogP contribution in [-0.2, 0) is 28.2 Å². The van der Waals surface area contributed by atoms with E-state index in [0.29, 0.717) is 32.1 Å². The van der Waals surface area contributed by atoms with Gasteiger partial charge in [0.05, 0.1) is 12.7 Å². The number of rotatable bonds is 33. The highest BCUT2D eigenvalue weighted by Gasteiger charge is 2.22. The second-order valence-electron chi connectivity index (χ2n) is 12.4. The Balaban J connectivity index is 4.24. The van der Waals surface area contributed by atoms with Crippen molar-refractivity contribution in [2.45, 2.75) is 148 Å². The Hall–Kier alpha value is -2.81. The summed E-state index contributed by atoms with van der Waals surface area (Å²) >= 11 is 0. The molecule has 0 saturated carbocycles. The summed E-state index contributed by atoms with van der Waals surface area (Å²) in [6.45, 7) is 3.45. The summed E-state index contributed by atoms with van der Waals surface area (Å²) in [5, 5.41) is 9.98. The fourth-order valence-electron chi connectivity index (χ4n) is 4.57.